The predicted molar refractivity (Wildman–Crippen MR) is 92.9 cm³/mol. The van der Waals surface area contributed by atoms with Crippen molar-refractivity contribution in [3.63, 3.8) is 0 Å². The lowest BCUT2D eigenvalue weighted by Crippen LogP contribution is -2.38. The number of likely N-dealkylation sites (N-methyl/N-ethyl adjacent to an activating group) is 1. The molecule has 23 heavy (non-hydrogen) atoms. The van der Waals surface area contributed by atoms with Crippen molar-refractivity contribution in [2.24, 2.45) is 5.92 Å². The molecular formula is C18H27N3O2. The average Bonchev–Trinajstić information content (AvgIpc) is 3.41. The van der Waals surface area contributed by atoms with Gasteiger partial charge in [-0.15, -0.1) is 0 Å². The highest BCUT2D eigenvalue weighted by Gasteiger charge is 2.31. The Hall–Kier alpha value is -1.75. The van der Waals surface area contributed by atoms with Gasteiger partial charge in [-0.25, -0.2) is 4.79 Å². The standard InChI is InChI=1S/C18H27N3O2/c1-20(13-17(22)14-5-6-14)18(23)19-15-7-9-16(10-8-15)21-11-3-2-4-12-21/h7-10,14,17,22H,2-6,11-13H2,1H3,(H,19,23). The molecule has 1 aliphatic heterocycles. The van der Waals surface area contributed by atoms with E-state index in [9.17, 15) is 9.90 Å². The third-order valence-electron chi connectivity index (χ3n) is 4.81. The predicted octanol–water partition coefficient (Wildman–Crippen LogP) is 2.91. The Kier molecular flexibility index (Phi) is 5.06. The third-order valence-corrected chi connectivity index (χ3v) is 4.81. The number of urea groups is 1. The molecule has 1 unspecified atom stereocenters. The molecule has 1 saturated carbocycles. The summed E-state index contributed by atoms with van der Waals surface area (Å²) in [5, 5.41) is 12.8. The van der Waals surface area contributed by atoms with Gasteiger partial charge in [-0.3, -0.25) is 0 Å². The molecule has 2 aliphatic rings. The molecule has 3 rings (SSSR count). The smallest absolute Gasteiger partial charge is 0.321 e. The van der Waals surface area contributed by atoms with Crippen molar-refractivity contribution in [1.82, 2.24) is 4.90 Å². The summed E-state index contributed by atoms with van der Waals surface area (Å²) in [7, 11) is 1.73. The fourth-order valence-corrected chi connectivity index (χ4v) is 3.12. The quantitative estimate of drug-likeness (QED) is 0.878. The van der Waals surface area contributed by atoms with Gasteiger partial charge < -0.3 is 20.2 Å². The van der Waals surface area contributed by atoms with Crippen molar-refractivity contribution in [2.45, 2.75) is 38.2 Å². The molecule has 5 nitrogen and oxygen atoms in total. The van der Waals surface area contributed by atoms with Gasteiger partial charge in [0.25, 0.3) is 0 Å². The lowest BCUT2D eigenvalue weighted by atomic mass is 10.1. The first-order valence-electron chi connectivity index (χ1n) is 8.68. The first-order chi connectivity index (χ1) is 11.1. The number of anilines is 2. The molecule has 0 bridgehead atoms. The van der Waals surface area contributed by atoms with Crippen LogP contribution < -0.4 is 10.2 Å². The number of hydrogen-bond acceptors (Lipinski definition) is 3. The highest BCUT2D eigenvalue weighted by Crippen LogP contribution is 2.32. The van der Waals surface area contributed by atoms with Crippen LogP contribution >= 0.6 is 0 Å². The van der Waals surface area contributed by atoms with E-state index in [-0.39, 0.29) is 6.03 Å². The van der Waals surface area contributed by atoms with Gasteiger partial charge in [0.2, 0.25) is 0 Å². The summed E-state index contributed by atoms with van der Waals surface area (Å²) >= 11 is 0. The number of piperidine rings is 1. The molecular weight excluding hydrogens is 290 g/mol. The molecule has 1 atom stereocenters. The van der Waals surface area contributed by atoms with Crippen LogP contribution in [0.1, 0.15) is 32.1 Å². The lowest BCUT2D eigenvalue weighted by molar-refractivity contribution is 0.117. The Labute approximate surface area is 138 Å². The van der Waals surface area contributed by atoms with E-state index in [4.69, 9.17) is 0 Å². The van der Waals surface area contributed by atoms with Crippen LogP contribution in [0, 0.1) is 5.92 Å². The Bertz CT molecular complexity index is 522. The van der Waals surface area contributed by atoms with Crippen LogP contribution in [0.15, 0.2) is 24.3 Å². The number of hydrogen-bond donors (Lipinski definition) is 2. The number of benzene rings is 1. The van der Waals surface area contributed by atoms with Gasteiger partial charge >= 0.3 is 6.03 Å². The minimum Gasteiger partial charge on any atom is -0.391 e. The molecule has 2 N–H and O–H groups in total. The van der Waals surface area contributed by atoms with Crippen molar-refractivity contribution < 1.29 is 9.90 Å². The second-order valence-corrected chi connectivity index (χ2v) is 6.81. The van der Waals surface area contributed by atoms with E-state index in [1.807, 2.05) is 12.1 Å². The fraction of sp³-hybridized carbons (Fsp3) is 0.611. The number of rotatable bonds is 5. The van der Waals surface area contributed by atoms with Crippen LogP contribution in [0.3, 0.4) is 0 Å². The Morgan fingerprint density at radius 3 is 2.52 bits per heavy atom. The van der Waals surface area contributed by atoms with Gasteiger partial charge in [0.15, 0.2) is 0 Å². The number of carbonyl (C=O) groups excluding carboxylic acids is 1. The normalized spacial score (nSPS) is 19.3. The molecule has 2 amide bonds. The minimum atomic E-state index is -0.396. The first-order valence-corrected chi connectivity index (χ1v) is 8.68. The van der Waals surface area contributed by atoms with E-state index < -0.39 is 6.10 Å². The Morgan fingerprint density at radius 1 is 1.26 bits per heavy atom. The summed E-state index contributed by atoms with van der Waals surface area (Å²) in [6, 6.07) is 7.87. The fourth-order valence-electron chi connectivity index (χ4n) is 3.12. The molecule has 1 heterocycles. The zero-order chi connectivity index (χ0) is 16.2. The van der Waals surface area contributed by atoms with E-state index >= 15 is 0 Å². The molecule has 0 spiro atoms. The van der Waals surface area contributed by atoms with Crippen molar-refractivity contribution in [1.29, 1.82) is 0 Å². The number of aliphatic hydroxyl groups excluding tert-OH is 1. The van der Waals surface area contributed by atoms with Crippen molar-refractivity contribution in [2.75, 3.05) is 36.9 Å². The van der Waals surface area contributed by atoms with Gasteiger partial charge in [-0.2, -0.15) is 0 Å². The first kappa shape index (κ1) is 16.1. The molecule has 1 aromatic rings. The highest BCUT2D eigenvalue weighted by atomic mass is 16.3. The zero-order valence-corrected chi connectivity index (χ0v) is 13.9. The summed E-state index contributed by atoms with van der Waals surface area (Å²) < 4.78 is 0. The molecule has 0 radical (unpaired) electrons. The van der Waals surface area contributed by atoms with Crippen LogP contribution in [-0.2, 0) is 0 Å². The Morgan fingerprint density at radius 2 is 1.91 bits per heavy atom. The largest absolute Gasteiger partial charge is 0.391 e. The lowest BCUT2D eigenvalue weighted by Gasteiger charge is -2.29. The summed E-state index contributed by atoms with van der Waals surface area (Å²) in [4.78, 5) is 16.1. The van der Waals surface area contributed by atoms with Crippen molar-refractivity contribution in [3.8, 4) is 0 Å². The van der Waals surface area contributed by atoms with Crippen molar-refractivity contribution in [3.05, 3.63) is 24.3 Å². The Balaban J connectivity index is 1.51. The van der Waals surface area contributed by atoms with E-state index in [2.05, 4.69) is 22.3 Å². The topological polar surface area (TPSA) is 55.8 Å². The number of aliphatic hydroxyl groups is 1. The summed E-state index contributed by atoms with van der Waals surface area (Å²) in [6.45, 7) is 2.63. The summed E-state index contributed by atoms with van der Waals surface area (Å²) in [5.74, 6) is 0.383. The maximum atomic E-state index is 12.2. The minimum absolute atomic E-state index is 0.171. The summed E-state index contributed by atoms with van der Waals surface area (Å²) in [6.07, 6.45) is 5.60. The second kappa shape index (κ2) is 7.21. The molecule has 2 fully saturated rings. The molecule has 1 aliphatic carbocycles. The van der Waals surface area contributed by atoms with Crippen LogP contribution in [0.2, 0.25) is 0 Å². The average molecular weight is 317 g/mol. The molecule has 1 aromatic carbocycles. The monoisotopic (exact) mass is 317 g/mol. The van der Waals surface area contributed by atoms with E-state index in [1.54, 1.807) is 11.9 Å². The molecule has 0 aromatic heterocycles. The number of nitrogens with one attached hydrogen (secondary N) is 1. The SMILES string of the molecule is CN(CC(O)C1CC1)C(=O)Nc1ccc(N2CCCCC2)cc1. The third kappa shape index (κ3) is 4.38. The van der Waals surface area contributed by atoms with Crippen molar-refractivity contribution >= 4 is 17.4 Å². The zero-order valence-electron chi connectivity index (χ0n) is 13.9. The van der Waals surface area contributed by atoms with E-state index in [0.29, 0.717) is 12.5 Å². The van der Waals surface area contributed by atoms with Gasteiger partial charge in [0, 0.05) is 38.1 Å². The number of nitrogens with zero attached hydrogens (tertiary/aromatic N) is 2. The van der Waals surface area contributed by atoms with Crippen LogP contribution in [0.4, 0.5) is 16.2 Å². The van der Waals surface area contributed by atoms with Gasteiger partial charge in [-0.1, -0.05) is 0 Å². The molecule has 1 saturated heterocycles. The number of carbonyl (C=O) groups is 1. The van der Waals surface area contributed by atoms with Crippen LogP contribution in [0.25, 0.3) is 0 Å². The van der Waals surface area contributed by atoms with Crippen LogP contribution in [0.5, 0.6) is 0 Å². The molecule has 126 valence electrons. The summed E-state index contributed by atoms with van der Waals surface area (Å²) in [5.41, 5.74) is 2.02. The maximum Gasteiger partial charge on any atom is 0.321 e. The van der Waals surface area contributed by atoms with E-state index in [1.165, 1.54) is 24.9 Å². The van der Waals surface area contributed by atoms with E-state index in [0.717, 1.165) is 31.6 Å². The van der Waals surface area contributed by atoms with Gasteiger partial charge in [0.1, 0.15) is 0 Å². The van der Waals surface area contributed by atoms with Gasteiger partial charge in [0.05, 0.1) is 6.10 Å². The highest BCUT2D eigenvalue weighted by molar-refractivity contribution is 5.89. The molecule has 5 heteroatoms. The number of amides is 2. The maximum absolute atomic E-state index is 12.2. The second-order valence-electron chi connectivity index (χ2n) is 6.81. The van der Waals surface area contributed by atoms with Gasteiger partial charge in [-0.05, 0) is 62.3 Å². The van der Waals surface area contributed by atoms with Crippen LogP contribution in [-0.4, -0.2) is 48.8 Å².